The van der Waals surface area contributed by atoms with Gasteiger partial charge in [0.25, 0.3) is 0 Å². The molecule has 2 atom stereocenters. The van der Waals surface area contributed by atoms with Crippen LogP contribution in [0.5, 0.6) is 0 Å². The van der Waals surface area contributed by atoms with E-state index in [1.807, 2.05) is 34.6 Å². The molecule has 2 nitrogen and oxygen atoms in total. The maximum absolute atomic E-state index is 10.1. The molecule has 1 fully saturated rings. The van der Waals surface area contributed by atoms with Gasteiger partial charge in [0.15, 0.2) is 5.79 Å². The molecule has 0 aromatic heterocycles. The second kappa shape index (κ2) is 9.04. The van der Waals surface area contributed by atoms with Gasteiger partial charge in [0.05, 0.1) is 0 Å². The van der Waals surface area contributed by atoms with Crippen molar-refractivity contribution in [2.75, 3.05) is 0 Å². The Labute approximate surface area is 128 Å². The number of rotatable bonds is 4. The Morgan fingerprint density at radius 1 is 1.00 bits per heavy atom. The van der Waals surface area contributed by atoms with Crippen LogP contribution < -0.4 is 0 Å². The summed E-state index contributed by atoms with van der Waals surface area (Å²) in [4.78, 5) is 0. The van der Waals surface area contributed by atoms with E-state index in [-0.39, 0.29) is 16.7 Å². The Kier molecular flexibility index (Phi) is 10.0. The Balaban J connectivity index is 0. The lowest BCUT2D eigenvalue weighted by Gasteiger charge is -2.45. The van der Waals surface area contributed by atoms with Crippen LogP contribution in [-0.4, -0.2) is 16.0 Å². The molecule has 1 saturated carbocycles. The van der Waals surface area contributed by atoms with Crippen molar-refractivity contribution < 1.29 is 10.2 Å². The van der Waals surface area contributed by atoms with E-state index in [9.17, 15) is 10.2 Å². The highest BCUT2D eigenvalue weighted by Crippen LogP contribution is 2.60. The minimum absolute atomic E-state index is 0.00144. The summed E-state index contributed by atoms with van der Waals surface area (Å²) in [5.74, 6) is -1.49. The van der Waals surface area contributed by atoms with Crippen molar-refractivity contribution in [2.24, 2.45) is 16.7 Å². The molecule has 0 aromatic rings. The van der Waals surface area contributed by atoms with E-state index in [0.717, 1.165) is 12.8 Å². The summed E-state index contributed by atoms with van der Waals surface area (Å²) < 4.78 is 0. The van der Waals surface area contributed by atoms with Crippen LogP contribution >= 0.6 is 0 Å². The molecule has 2 heteroatoms. The third-order valence-corrected chi connectivity index (χ3v) is 5.29. The van der Waals surface area contributed by atoms with Crippen molar-refractivity contribution in [3.8, 4) is 0 Å². The number of hydrogen-bond acceptors (Lipinski definition) is 2. The average molecular weight is 289 g/mol. The third-order valence-electron chi connectivity index (χ3n) is 5.29. The topological polar surface area (TPSA) is 40.5 Å². The Morgan fingerprint density at radius 3 is 1.80 bits per heavy atom. The Morgan fingerprint density at radius 2 is 1.45 bits per heavy atom. The largest absolute Gasteiger partial charge is 0.365 e. The molecule has 0 radical (unpaired) electrons. The van der Waals surface area contributed by atoms with Gasteiger partial charge in [-0.25, -0.2) is 0 Å². The molecule has 0 spiro atoms. The van der Waals surface area contributed by atoms with E-state index in [2.05, 4.69) is 27.7 Å². The zero-order valence-corrected chi connectivity index (χ0v) is 15.5. The highest BCUT2D eigenvalue weighted by atomic mass is 16.5. The van der Waals surface area contributed by atoms with E-state index < -0.39 is 5.79 Å². The van der Waals surface area contributed by atoms with Gasteiger partial charge in [-0.15, -0.1) is 0 Å². The minimum atomic E-state index is -1.49. The molecular formula is C18H40O2. The normalized spacial score (nSPS) is 28.1. The molecule has 124 valence electrons. The summed E-state index contributed by atoms with van der Waals surface area (Å²) in [6.07, 6.45) is 4.81. The summed E-state index contributed by atoms with van der Waals surface area (Å²) in [6.45, 7) is 18.8. The molecule has 1 aliphatic carbocycles. The molecule has 0 aliphatic heterocycles. The van der Waals surface area contributed by atoms with Crippen LogP contribution in [0.3, 0.4) is 0 Å². The zero-order chi connectivity index (χ0) is 16.6. The zero-order valence-electron chi connectivity index (χ0n) is 15.5. The molecule has 0 bridgehead atoms. The average Bonchev–Trinajstić information content (AvgIpc) is 2.66. The van der Waals surface area contributed by atoms with Gasteiger partial charge in [0.1, 0.15) is 0 Å². The van der Waals surface area contributed by atoms with Gasteiger partial charge in [-0.1, -0.05) is 68.7 Å². The summed E-state index contributed by atoms with van der Waals surface area (Å²) in [7, 11) is 0. The number of aliphatic hydroxyl groups is 2. The first-order valence-electron chi connectivity index (χ1n) is 8.66. The molecule has 2 unspecified atom stereocenters. The van der Waals surface area contributed by atoms with E-state index in [4.69, 9.17) is 0 Å². The fourth-order valence-electron chi connectivity index (χ4n) is 3.62. The van der Waals surface area contributed by atoms with Gasteiger partial charge in [-0.3, -0.25) is 0 Å². The Hall–Kier alpha value is -0.0800. The second-order valence-electron chi connectivity index (χ2n) is 6.36. The lowest BCUT2D eigenvalue weighted by atomic mass is 9.62. The highest BCUT2D eigenvalue weighted by molar-refractivity contribution is 5.03. The van der Waals surface area contributed by atoms with Gasteiger partial charge in [0, 0.05) is 5.92 Å². The van der Waals surface area contributed by atoms with Crippen molar-refractivity contribution in [1.82, 2.24) is 0 Å². The van der Waals surface area contributed by atoms with Gasteiger partial charge >= 0.3 is 0 Å². The van der Waals surface area contributed by atoms with Crippen molar-refractivity contribution in [3.05, 3.63) is 0 Å². The van der Waals surface area contributed by atoms with Crippen molar-refractivity contribution in [3.63, 3.8) is 0 Å². The summed E-state index contributed by atoms with van der Waals surface area (Å²) in [6, 6.07) is 0. The van der Waals surface area contributed by atoms with Crippen LogP contribution in [0.25, 0.3) is 0 Å². The summed E-state index contributed by atoms with van der Waals surface area (Å²) in [5, 5.41) is 20.2. The van der Waals surface area contributed by atoms with Crippen LogP contribution in [-0.2, 0) is 0 Å². The summed E-state index contributed by atoms with van der Waals surface area (Å²) in [5.41, 5.74) is 0.251. The van der Waals surface area contributed by atoms with Crippen LogP contribution in [0, 0.1) is 16.7 Å². The van der Waals surface area contributed by atoms with E-state index >= 15 is 0 Å². The molecule has 1 aliphatic rings. The fraction of sp³-hybridized carbons (Fsp3) is 1.00. The van der Waals surface area contributed by atoms with E-state index in [1.165, 1.54) is 12.8 Å². The first kappa shape index (κ1) is 22.2. The number of hydrogen-bond donors (Lipinski definition) is 2. The lowest BCUT2D eigenvalue weighted by Crippen LogP contribution is -2.46. The molecule has 20 heavy (non-hydrogen) atoms. The maximum Gasteiger partial charge on any atom is 0.165 e. The molecule has 0 amide bonds. The molecule has 0 aromatic carbocycles. The van der Waals surface area contributed by atoms with Crippen molar-refractivity contribution in [2.45, 2.75) is 100 Å². The molecule has 0 heterocycles. The lowest BCUT2D eigenvalue weighted by molar-refractivity contribution is -0.226. The monoisotopic (exact) mass is 288 g/mol. The standard InChI is InChI=1S/C14H28O2.2C2H6/c1-6-9-13(5)10-8-11(12(13,3)4)14(15,16)7-2;2*1-2/h11,15-16H,6-10H2,1-5H3;2*1-2H3. The van der Waals surface area contributed by atoms with Gasteiger partial charge in [-0.05, 0) is 36.5 Å². The van der Waals surface area contributed by atoms with Crippen LogP contribution in [0.2, 0.25) is 0 Å². The molecule has 2 N–H and O–H groups in total. The molecule has 1 rings (SSSR count). The van der Waals surface area contributed by atoms with Gasteiger partial charge in [0.2, 0.25) is 0 Å². The van der Waals surface area contributed by atoms with E-state index in [0.29, 0.717) is 6.42 Å². The van der Waals surface area contributed by atoms with Crippen LogP contribution in [0.1, 0.15) is 94.4 Å². The fourth-order valence-corrected chi connectivity index (χ4v) is 3.62. The first-order valence-corrected chi connectivity index (χ1v) is 8.66. The van der Waals surface area contributed by atoms with E-state index in [1.54, 1.807) is 0 Å². The first-order chi connectivity index (χ1) is 9.21. The predicted molar refractivity (Wildman–Crippen MR) is 89.7 cm³/mol. The van der Waals surface area contributed by atoms with Crippen LogP contribution in [0.15, 0.2) is 0 Å². The Bertz CT molecular complexity index is 246. The third kappa shape index (κ3) is 4.46. The summed E-state index contributed by atoms with van der Waals surface area (Å²) >= 11 is 0. The van der Waals surface area contributed by atoms with Crippen molar-refractivity contribution in [1.29, 1.82) is 0 Å². The second-order valence-corrected chi connectivity index (χ2v) is 6.36. The maximum atomic E-state index is 10.1. The SMILES string of the molecule is CC.CC.CCCC1(C)CCC(C(O)(O)CC)C1(C)C. The quantitative estimate of drug-likeness (QED) is 0.682. The highest BCUT2D eigenvalue weighted by Gasteiger charge is 2.56. The smallest absolute Gasteiger partial charge is 0.165 e. The van der Waals surface area contributed by atoms with Gasteiger partial charge in [-0.2, -0.15) is 0 Å². The predicted octanol–water partition coefficient (Wildman–Crippen LogP) is 5.37. The minimum Gasteiger partial charge on any atom is -0.365 e. The van der Waals surface area contributed by atoms with Crippen molar-refractivity contribution >= 4 is 0 Å². The van der Waals surface area contributed by atoms with Crippen LogP contribution in [0.4, 0.5) is 0 Å². The molecule has 0 saturated heterocycles. The molecular weight excluding hydrogens is 248 g/mol. The van der Waals surface area contributed by atoms with Gasteiger partial charge < -0.3 is 10.2 Å².